The summed E-state index contributed by atoms with van der Waals surface area (Å²) in [5.74, 6) is -0.842. The molecule has 1 aliphatic rings. The van der Waals surface area contributed by atoms with Gasteiger partial charge in [0.25, 0.3) is 11.8 Å². The van der Waals surface area contributed by atoms with Crippen LogP contribution < -0.4 is 5.32 Å². The average molecular weight is 331 g/mol. The zero-order valence-corrected chi connectivity index (χ0v) is 11.9. The molecular formula is C10H7BrN2O2S2. The fourth-order valence-electron chi connectivity index (χ4n) is 1.29. The number of nitrogens with one attached hydrogen (secondary N) is 1. The second-order valence-electron chi connectivity index (χ2n) is 3.32. The van der Waals surface area contributed by atoms with Crippen molar-refractivity contribution in [3.63, 3.8) is 0 Å². The van der Waals surface area contributed by atoms with Gasteiger partial charge in [-0.3, -0.25) is 19.8 Å². The molecule has 0 aliphatic carbocycles. The molecule has 1 saturated heterocycles. The van der Waals surface area contributed by atoms with E-state index in [1.54, 1.807) is 6.08 Å². The van der Waals surface area contributed by atoms with Gasteiger partial charge in [0, 0.05) is 11.9 Å². The maximum Gasteiger partial charge on any atom is 0.265 e. The summed E-state index contributed by atoms with van der Waals surface area (Å²) in [6.07, 6.45) is 1.56. The standard InChI is InChI=1S/C10H7BrN2O2S2/c1-13-9(15)6(8(14)12-10(13)16)4-5-2-3-7(11)17-5/h2-4H,1H3,(H,12,14,16)/b6-4+. The number of carbonyl (C=O) groups is 2. The van der Waals surface area contributed by atoms with Crippen LogP contribution in [0.25, 0.3) is 6.08 Å². The second kappa shape index (κ2) is 4.67. The van der Waals surface area contributed by atoms with Crippen molar-refractivity contribution in [2.24, 2.45) is 0 Å². The van der Waals surface area contributed by atoms with Gasteiger partial charge in [-0.25, -0.2) is 0 Å². The van der Waals surface area contributed by atoms with Gasteiger partial charge in [-0.1, -0.05) is 0 Å². The Morgan fingerprint density at radius 2 is 2.18 bits per heavy atom. The Kier molecular flexibility index (Phi) is 3.41. The molecule has 0 bridgehead atoms. The zero-order valence-electron chi connectivity index (χ0n) is 8.69. The summed E-state index contributed by atoms with van der Waals surface area (Å²) in [4.78, 5) is 25.6. The largest absolute Gasteiger partial charge is 0.298 e. The van der Waals surface area contributed by atoms with Crippen LogP contribution in [0.3, 0.4) is 0 Å². The fourth-order valence-corrected chi connectivity index (χ4v) is 2.84. The summed E-state index contributed by atoms with van der Waals surface area (Å²) in [5, 5.41) is 2.59. The molecule has 4 nitrogen and oxygen atoms in total. The first kappa shape index (κ1) is 12.4. The summed E-state index contributed by atoms with van der Waals surface area (Å²) in [6.45, 7) is 0. The minimum absolute atomic E-state index is 0.0930. The van der Waals surface area contributed by atoms with Crippen molar-refractivity contribution < 1.29 is 9.59 Å². The molecule has 88 valence electrons. The molecule has 0 saturated carbocycles. The summed E-state index contributed by atoms with van der Waals surface area (Å²) < 4.78 is 0.942. The number of amides is 2. The number of hydrogen-bond donors (Lipinski definition) is 1. The third kappa shape index (κ3) is 2.46. The normalized spacial score (nSPS) is 18.8. The number of carbonyl (C=O) groups excluding carboxylic acids is 2. The van der Waals surface area contributed by atoms with Crippen LogP contribution in [0, 0.1) is 0 Å². The van der Waals surface area contributed by atoms with E-state index in [4.69, 9.17) is 12.2 Å². The van der Waals surface area contributed by atoms with Gasteiger partial charge in [-0.2, -0.15) is 0 Å². The van der Waals surface area contributed by atoms with Gasteiger partial charge in [0.05, 0.1) is 3.79 Å². The van der Waals surface area contributed by atoms with Gasteiger partial charge < -0.3 is 0 Å². The highest BCUT2D eigenvalue weighted by Crippen LogP contribution is 2.25. The quantitative estimate of drug-likeness (QED) is 0.485. The van der Waals surface area contributed by atoms with E-state index in [2.05, 4.69) is 21.2 Å². The molecule has 0 unspecified atom stereocenters. The molecule has 1 aromatic rings. The molecular weight excluding hydrogens is 324 g/mol. The highest BCUT2D eigenvalue weighted by molar-refractivity contribution is 9.11. The van der Waals surface area contributed by atoms with Crippen molar-refractivity contribution in [3.8, 4) is 0 Å². The van der Waals surface area contributed by atoms with Crippen molar-refractivity contribution in [1.82, 2.24) is 10.2 Å². The number of halogens is 1. The first-order chi connectivity index (χ1) is 7.99. The Bertz CT molecular complexity index is 550. The van der Waals surface area contributed by atoms with Crippen molar-refractivity contribution in [1.29, 1.82) is 0 Å². The number of rotatable bonds is 1. The van der Waals surface area contributed by atoms with Crippen molar-refractivity contribution in [2.45, 2.75) is 0 Å². The molecule has 7 heteroatoms. The Labute approximate surface area is 115 Å². The third-order valence-electron chi connectivity index (χ3n) is 2.19. The number of likely N-dealkylation sites (N-methyl/N-ethyl adjacent to an activating group) is 1. The van der Waals surface area contributed by atoms with E-state index in [0.29, 0.717) is 0 Å². The van der Waals surface area contributed by atoms with E-state index < -0.39 is 5.91 Å². The molecule has 1 aliphatic heterocycles. The highest BCUT2D eigenvalue weighted by atomic mass is 79.9. The topological polar surface area (TPSA) is 49.4 Å². The lowest BCUT2D eigenvalue weighted by Crippen LogP contribution is -2.52. The van der Waals surface area contributed by atoms with E-state index in [1.165, 1.54) is 23.3 Å². The van der Waals surface area contributed by atoms with Gasteiger partial charge in [0.2, 0.25) is 0 Å². The fraction of sp³-hybridized carbons (Fsp3) is 0.100. The summed E-state index contributed by atoms with van der Waals surface area (Å²) >= 11 is 9.61. The van der Waals surface area contributed by atoms with Crippen LogP contribution in [0.1, 0.15) is 4.88 Å². The van der Waals surface area contributed by atoms with Crippen LogP contribution in [-0.2, 0) is 9.59 Å². The van der Waals surface area contributed by atoms with Crippen LogP contribution in [0.5, 0.6) is 0 Å². The van der Waals surface area contributed by atoms with Crippen LogP contribution >= 0.6 is 39.5 Å². The van der Waals surface area contributed by atoms with Gasteiger partial charge in [0.1, 0.15) is 5.57 Å². The van der Waals surface area contributed by atoms with Crippen molar-refractivity contribution >= 4 is 62.5 Å². The number of thiocarbonyl (C=S) groups is 1. The van der Waals surface area contributed by atoms with Gasteiger partial charge in [0.15, 0.2) is 5.11 Å². The maximum absolute atomic E-state index is 11.9. The first-order valence-electron chi connectivity index (χ1n) is 4.59. The predicted molar refractivity (Wildman–Crippen MR) is 73.5 cm³/mol. The molecule has 1 aromatic heterocycles. The van der Waals surface area contributed by atoms with Gasteiger partial charge >= 0.3 is 0 Å². The lowest BCUT2D eigenvalue weighted by molar-refractivity contribution is -0.128. The molecule has 1 N–H and O–H groups in total. The smallest absolute Gasteiger partial charge is 0.265 e. The van der Waals surface area contributed by atoms with E-state index in [0.717, 1.165) is 8.66 Å². The molecule has 1 fully saturated rings. The monoisotopic (exact) mass is 330 g/mol. The Morgan fingerprint density at radius 3 is 2.76 bits per heavy atom. The van der Waals surface area contributed by atoms with E-state index in [1.807, 2.05) is 12.1 Å². The molecule has 2 amide bonds. The average Bonchev–Trinajstić information content (AvgIpc) is 2.67. The molecule has 2 rings (SSSR count). The molecule has 0 radical (unpaired) electrons. The minimum Gasteiger partial charge on any atom is -0.298 e. The number of hydrogen-bond acceptors (Lipinski definition) is 4. The molecule has 0 atom stereocenters. The molecule has 17 heavy (non-hydrogen) atoms. The Balaban J connectivity index is 2.37. The highest BCUT2D eigenvalue weighted by Gasteiger charge is 2.30. The summed E-state index contributed by atoms with van der Waals surface area (Å²) in [7, 11) is 1.53. The van der Waals surface area contributed by atoms with Crippen LogP contribution in [0.2, 0.25) is 0 Å². The Morgan fingerprint density at radius 1 is 1.47 bits per heavy atom. The van der Waals surface area contributed by atoms with Crippen LogP contribution in [0.4, 0.5) is 0 Å². The van der Waals surface area contributed by atoms with E-state index >= 15 is 0 Å². The molecule has 2 heterocycles. The SMILES string of the molecule is CN1C(=O)/C(=C/c2ccc(Br)s2)C(=O)NC1=S. The number of nitrogens with zero attached hydrogens (tertiary/aromatic N) is 1. The molecule has 0 aromatic carbocycles. The second-order valence-corrected chi connectivity index (χ2v) is 6.20. The van der Waals surface area contributed by atoms with Crippen LogP contribution in [0.15, 0.2) is 21.5 Å². The minimum atomic E-state index is -0.456. The van der Waals surface area contributed by atoms with Gasteiger partial charge in [-0.05, 0) is 46.4 Å². The van der Waals surface area contributed by atoms with Crippen molar-refractivity contribution in [3.05, 3.63) is 26.4 Å². The van der Waals surface area contributed by atoms with E-state index in [-0.39, 0.29) is 16.6 Å². The maximum atomic E-state index is 11.9. The predicted octanol–water partition coefficient (Wildman–Crippen LogP) is 1.77. The molecule has 0 spiro atoms. The van der Waals surface area contributed by atoms with E-state index in [9.17, 15) is 9.59 Å². The van der Waals surface area contributed by atoms with Crippen LogP contribution in [-0.4, -0.2) is 28.9 Å². The lowest BCUT2D eigenvalue weighted by Gasteiger charge is -2.24. The zero-order chi connectivity index (χ0) is 12.6. The lowest BCUT2D eigenvalue weighted by atomic mass is 10.1. The van der Waals surface area contributed by atoms with Crippen molar-refractivity contribution in [2.75, 3.05) is 7.05 Å². The number of thiophene rings is 1. The Hall–Kier alpha value is -1.05. The first-order valence-corrected chi connectivity index (χ1v) is 6.61. The third-order valence-corrected chi connectivity index (χ3v) is 4.13. The summed E-state index contributed by atoms with van der Waals surface area (Å²) in [5.41, 5.74) is 0.0930. The summed E-state index contributed by atoms with van der Waals surface area (Å²) in [6, 6.07) is 3.69. The van der Waals surface area contributed by atoms with Gasteiger partial charge in [-0.15, -0.1) is 11.3 Å².